The van der Waals surface area contributed by atoms with Crippen molar-refractivity contribution in [3.8, 4) is 0 Å². The third-order valence-corrected chi connectivity index (χ3v) is 3.89. The molecule has 2 aliphatic rings. The Bertz CT molecular complexity index is 324. The molecular weight excluding hydrogens is 184 g/mol. The Kier molecular flexibility index (Phi) is 2.90. The zero-order valence-electron chi connectivity index (χ0n) is 9.11. The van der Waals surface area contributed by atoms with Crippen molar-refractivity contribution >= 4 is 6.29 Å². The van der Waals surface area contributed by atoms with Crippen LogP contribution in [0.25, 0.3) is 0 Å². The molecule has 0 amide bonds. The number of carbonyl (C=O) groups excluding carboxylic acids is 1. The van der Waals surface area contributed by atoms with Crippen LogP contribution in [0.5, 0.6) is 0 Å². The van der Waals surface area contributed by atoms with Gasteiger partial charge in [0, 0.05) is 0 Å². The average molecular weight is 202 g/mol. The SMILES string of the molecule is C=CC1CCC(=C)C2CCC(C=O)=CC12. The summed E-state index contributed by atoms with van der Waals surface area (Å²) in [6.45, 7) is 8.07. The van der Waals surface area contributed by atoms with Gasteiger partial charge < -0.3 is 0 Å². The molecule has 80 valence electrons. The first-order valence-corrected chi connectivity index (χ1v) is 5.72. The fourth-order valence-electron chi connectivity index (χ4n) is 2.96. The van der Waals surface area contributed by atoms with E-state index in [4.69, 9.17) is 0 Å². The van der Waals surface area contributed by atoms with Crippen LogP contribution >= 0.6 is 0 Å². The summed E-state index contributed by atoms with van der Waals surface area (Å²) in [5, 5.41) is 0. The Labute approximate surface area is 91.6 Å². The van der Waals surface area contributed by atoms with Gasteiger partial charge >= 0.3 is 0 Å². The summed E-state index contributed by atoms with van der Waals surface area (Å²) in [5.74, 6) is 1.61. The molecule has 1 saturated carbocycles. The van der Waals surface area contributed by atoms with Crippen LogP contribution in [-0.2, 0) is 4.79 Å². The van der Waals surface area contributed by atoms with E-state index >= 15 is 0 Å². The number of hydrogen-bond acceptors (Lipinski definition) is 1. The van der Waals surface area contributed by atoms with Crippen molar-refractivity contribution in [3.63, 3.8) is 0 Å². The van der Waals surface area contributed by atoms with Gasteiger partial charge in [0.1, 0.15) is 6.29 Å². The largest absolute Gasteiger partial charge is 0.298 e. The van der Waals surface area contributed by atoms with Crippen molar-refractivity contribution < 1.29 is 4.79 Å². The van der Waals surface area contributed by atoms with Gasteiger partial charge in [0.2, 0.25) is 0 Å². The molecule has 0 saturated heterocycles. The summed E-state index contributed by atoms with van der Waals surface area (Å²) in [6.07, 6.45) is 9.51. The number of fused-ring (bicyclic) bond motifs is 1. The molecule has 0 aromatic carbocycles. The van der Waals surface area contributed by atoms with Crippen molar-refractivity contribution in [2.45, 2.75) is 25.7 Å². The van der Waals surface area contributed by atoms with E-state index in [0.29, 0.717) is 17.8 Å². The lowest BCUT2D eigenvalue weighted by molar-refractivity contribution is -0.105. The van der Waals surface area contributed by atoms with Gasteiger partial charge in [-0.3, -0.25) is 4.79 Å². The van der Waals surface area contributed by atoms with E-state index in [-0.39, 0.29) is 0 Å². The molecule has 0 aromatic rings. The number of rotatable bonds is 2. The topological polar surface area (TPSA) is 17.1 Å². The van der Waals surface area contributed by atoms with Crippen molar-refractivity contribution in [1.82, 2.24) is 0 Å². The summed E-state index contributed by atoms with van der Waals surface area (Å²) in [6, 6.07) is 0. The molecule has 0 aromatic heterocycles. The Morgan fingerprint density at radius 1 is 1.33 bits per heavy atom. The molecule has 0 radical (unpaired) electrons. The van der Waals surface area contributed by atoms with E-state index in [0.717, 1.165) is 37.5 Å². The van der Waals surface area contributed by atoms with Crippen LogP contribution in [0, 0.1) is 17.8 Å². The lowest BCUT2D eigenvalue weighted by atomic mass is 9.65. The highest BCUT2D eigenvalue weighted by molar-refractivity contribution is 5.73. The van der Waals surface area contributed by atoms with E-state index in [1.165, 1.54) is 5.57 Å². The maximum absolute atomic E-state index is 10.8. The Balaban J connectivity index is 2.27. The number of carbonyl (C=O) groups is 1. The molecule has 3 atom stereocenters. The first kappa shape index (κ1) is 10.4. The fraction of sp³-hybridized carbons (Fsp3) is 0.500. The fourth-order valence-corrected chi connectivity index (χ4v) is 2.96. The van der Waals surface area contributed by atoms with Crippen molar-refractivity contribution in [2.24, 2.45) is 17.8 Å². The molecule has 0 N–H and O–H groups in total. The summed E-state index contributed by atoms with van der Waals surface area (Å²) in [5.41, 5.74) is 2.34. The predicted octanol–water partition coefficient (Wildman–Crippen LogP) is 3.29. The van der Waals surface area contributed by atoms with E-state index < -0.39 is 0 Å². The minimum atomic E-state index is 0.484. The van der Waals surface area contributed by atoms with Gasteiger partial charge in [-0.15, -0.1) is 6.58 Å². The maximum Gasteiger partial charge on any atom is 0.145 e. The van der Waals surface area contributed by atoms with Crippen LogP contribution in [0.3, 0.4) is 0 Å². The summed E-state index contributed by atoms with van der Waals surface area (Å²) >= 11 is 0. The molecule has 3 unspecified atom stereocenters. The van der Waals surface area contributed by atoms with E-state index in [1.807, 2.05) is 6.08 Å². The zero-order valence-corrected chi connectivity index (χ0v) is 9.11. The minimum Gasteiger partial charge on any atom is -0.298 e. The van der Waals surface area contributed by atoms with Crippen LogP contribution in [0.15, 0.2) is 36.5 Å². The monoisotopic (exact) mass is 202 g/mol. The number of aldehydes is 1. The molecule has 0 heterocycles. The van der Waals surface area contributed by atoms with Gasteiger partial charge in [0.05, 0.1) is 0 Å². The molecular formula is C14H18O. The molecule has 15 heavy (non-hydrogen) atoms. The van der Waals surface area contributed by atoms with Crippen molar-refractivity contribution in [3.05, 3.63) is 36.5 Å². The predicted molar refractivity (Wildman–Crippen MR) is 62.4 cm³/mol. The molecule has 0 spiro atoms. The van der Waals surface area contributed by atoms with E-state index in [9.17, 15) is 4.79 Å². The molecule has 1 heteroatoms. The van der Waals surface area contributed by atoms with Crippen molar-refractivity contribution in [2.75, 3.05) is 0 Å². The molecule has 0 bridgehead atoms. The number of hydrogen-bond donors (Lipinski definition) is 0. The van der Waals surface area contributed by atoms with Gasteiger partial charge in [-0.05, 0) is 49.0 Å². The lowest BCUT2D eigenvalue weighted by Gasteiger charge is -2.39. The van der Waals surface area contributed by atoms with Gasteiger partial charge in [-0.1, -0.05) is 24.3 Å². The second kappa shape index (κ2) is 4.18. The normalized spacial score (nSPS) is 35.3. The minimum absolute atomic E-state index is 0.484. The first-order chi connectivity index (χ1) is 7.26. The first-order valence-electron chi connectivity index (χ1n) is 5.72. The third-order valence-electron chi connectivity index (χ3n) is 3.89. The Morgan fingerprint density at radius 3 is 2.80 bits per heavy atom. The van der Waals surface area contributed by atoms with Gasteiger partial charge in [0.25, 0.3) is 0 Å². The van der Waals surface area contributed by atoms with Crippen LogP contribution in [0.4, 0.5) is 0 Å². The lowest BCUT2D eigenvalue weighted by Crippen LogP contribution is -2.30. The van der Waals surface area contributed by atoms with Crippen LogP contribution in [0.2, 0.25) is 0 Å². The molecule has 2 rings (SSSR count). The summed E-state index contributed by atoms with van der Waals surface area (Å²) < 4.78 is 0. The van der Waals surface area contributed by atoms with Gasteiger partial charge in [-0.2, -0.15) is 0 Å². The molecule has 0 aliphatic heterocycles. The van der Waals surface area contributed by atoms with Crippen molar-refractivity contribution in [1.29, 1.82) is 0 Å². The van der Waals surface area contributed by atoms with Crippen LogP contribution in [0.1, 0.15) is 25.7 Å². The third kappa shape index (κ3) is 1.83. The standard InChI is InChI=1S/C14H18O/c1-3-12-6-4-10(2)13-7-5-11(9-15)8-14(12)13/h3,8-9,12-14H,1-2,4-7H2. The van der Waals surface area contributed by atoms with E-state index in [1.54, 1.807) is 0 Å². The molecule has 1 nitrogen and oxygen atoms in total. The average Bonchev–Trinajstić information content (AvgIpc) is 2.29. The van der Waals surface area contributed by atoms with Gasteiger partial charge in [0.15, 0.2) is 0 Å². The van der Waals surface area contributed by atoms with Crippen LogP contribution in [-0.4, -0.2) is 6.29 Å². The number of allylic oxidation sites excluding steroid dienone is 4. The highest BCUT2D eigenvalue weighted by Gasteiger charge is 2.34. The quantitative estimate of drug-likeness (QED) is 0.496. The highest BCUT2D eigenvalue weighted by atomic mass is 16.1. The molecule has 2 aliphatic carbocycles. The van der Waals surface area contributed by atoms with Crippen LogP contribution < -0.4 is 0 Å². The molecule has 1 fully saturated rings. The Hall–Kier alpha value is -1.11. The second-order valence-electron chi connectivity index (χ2n) is 4.68. The maximum atomic E-state index is 10.8. The Morgan fingerprint density at radius 2 is 2.13 bits per heavy atom. The van der Waals surface area contributed by atoms with E-state index in [2.05, 4.69) is 19.2 Å². The van der Waals surface area contributed by atoms with Gasteiger partial charge in [-0.25, -0.2) is 0 Å². The summed E-state index contributed by atoms with van der Waals surface area (Å²) in [7, 11) is 0. The second-order valence-corrected chi connectivity index (χ2v) is 4.68. The smallest absolute Gasteiger partial charge is 0.145 e. The highest BCUT2D eigenvalue weighted by Crippen LogP contribution is 2.44. The zero-order chi connectivity index (χ0) is 10.8. The summed E-state index contributed by atoms with van der Waals surface area (Å²) in [4.78, 5) is 10.8.